The minimum atomic E-state index is -0.129. The summed E-state index contributed by atoms with van der Waals surface area (Å²) in [6, 6.07) is 6.59. The van der Waals surface area contributed by atoms with Crippen LogP contribution in [0.25, 0.3) is 0 Å². The number of benzene rings is 1. The molecule has 1 heterocycles. The fourth-order valence-corrected chi connectivity index (χ4v) is 2.08. The van der Waals surface area contributed by atoms with Crippen molar-refractivity contribution in [3.63, 3.8) is 0 Å². The first-order valence-corrected chi connectivity index (χ1v) is 5.44. The van der Waals surface area contributed by atoms with Gasteiger partial charge >= 0.3 is 0 Å². The number of aliphatic hydroxyl groups excluding tert-OH is 1. The van der Waals surface area contributed by atoms with Gasteiger partial charge in [0.25, 0.3) is 0 Å². The second-order valence-corrected chi connectivity index (χ2v) is 5.20. The Morgan fingerprint density at radius 2 is 1.93 bits per heavy atom. The summed E-state index contributed by atoms with van der Waals surface area (Å²) in [6.07, 6.45) is 0. The molecule has 0 spiro atoms. The van der Waals surface area contributed by atoms with Gasteiger partial charge in [0.05, 0.1) is 6.61 Å². The maximum absolute atomic E-state index is 9.34. The van der Waals surface area contributed by atoms with Crippen molar-refractivity contribution in [3.8, 4) is 0 Å². The lowest BCUT2D eigenvalue weighted by Crippen LogP contribution is -2.22. The highest BCUT2D eigenvalue weighted by Gasteiger charge is 2.22. The molecule has 0 radical (unpaired) electrons. The number of hydrogen-bond acceptors (Lipinski definition) is 2. The van der Waals surface area contributed by atoms with E-state index in [1.54, 1.807) is 0 Å². The van der Waals surface area contributed by atoms with Crippen molar-refractivity contribution in [1.29, 1.82) is 0 Å². The van der Waals surface area contributed by atoms with Gasteiger partial charge in [-0.15, -0.1) is 0 Å². The molecule has 0 bridgehead atoms. The normalized spacial score (nSPS) is 16.8. The van der Waals surface area contributed by atoms with Crippen LogP contribution >= 0.6 is 0 Å². The molecule has 0 amide bonds. The minimum absolute atomic E-state index is 0.129. The van der Waals surface area contributed by atoms with Crippen molar-refractivity contribution in [3.05, 3.63) is 34.9 Å². The van der Waals surface area contributed by atoms with Gasteiger partial charge in [0, 0.05) is 18.5 Å². The van der Waals surface area contributed by atoms with E-state index in [0.29, 0.717) is 0 Å². The maximum Gasteiger partial charge on any atom is 0.0522 e. The molecule has 0 saturated heterocycles. The number of nitrogens with zero attached hydrogens (tertiary/aromatic N) is 1. The van der Waals surface area contributed by atoms with Crippen molar-refractivity contribution in [2.45, 2.75) is 32.4 Å². The van der Waals surface area contributed by atoms with E-state index in [4.69, 9.17) is 0 Å². The van der Waals surface area contributed by atoms with Gasteiger partial charge in [-0.3, -0.25) is 4.90 Å². The van der Waals surface area contributed by atoms with Crippen molar-refractivity contribution in [2.24, 2.45) is 0 Å². The third-order valence-corrected chi connectivity index (χ3v) is 3.26. The molecule has 0 aliphatic carbocycles. The van der Waals surface area contributed by atoms with Crippen LogP contribution in [0.15, 0.2) is 18.2 Å². The van der Waals surface area contributed by atoms with E-state index < -0.39 is 0 Å². The van der Waals surface area contributed by atoms with Crippen LogP contribution in [0.3, 0.4) is 0 Å². The first kappa shape index (κ1) is 10.7. The Morgan fingerprint density at radius 1 is 1.27 bits per heavy atom. The zero-order valence-electron chi connectivity index (χ0n) is 9.75. The Kier molecular flexibility index (Phi) is 2.57. The molecule has 0 unspecified atom stereocenters. The number of aliphatic hydroxyl groups is 1. The monoisotopic (exact) mass is 205 g/mol. The Labute approximate surface area is 91.5 Å². The van der Waals surface area contributed by atoms with Crippen LogP contribution in [0.4, 0.5) is 0 Å². The molecule has 2 nitrogen and oxygen atoms in total. The van der Waals surface area contributed by atoms with Gasteiger partial charge in [-0.05, 0) is 23.7 Å². The van der Waals surface area contributed by atoms with Crippen LogP contribution in [0.5, 0.6) is 0 Å². The fourth-order valence-electron chi connectivity index (χ4n) is 2.08. The van der Waals surface area contributed by atoms with Crippen LogP contribution in [-0.2, 0) is 18.5 Å². The van der Waals surface area contributed by atoms with E-state index >= 15 is 0 Å². The molecule has 0 saturated carbocycles. The minimum Gasteiger partial charge on any atom is -0.395 e. The highest BCUT2D eigenvalue weighted by Crippen LogP contribution is 2.28. The third-order valence-electron chi connectivity index (χ3n) is 3.26. The van der Waals surface area contributed by atoms with Crippen LogP contribution < -0.4 is 0 Å². The maximum atomic E-state index is 9.34. The molecule has 1 aromatic rings. The lowest BCUT2D eigenvalue weighted by atomic mass is 9.84. The van der Waals surface area contributed by atoms with Gasteiger partial charge in [0.1, 0.15) is 0 Å². The summed E-state index contributed by atoms with van der Waals surface area (Å²) in [5, 5.41) is 9.34. The predicted molar refractivity (Wildman–Crippen MR) is 61.7 cm³/mol. The quantitative estimate of drug-likeness (QED) is 0.797. The topological polar surface area (TPSA) is 23.5 Å². The molecular formula is C13H19NO. The van der Waals surface area contributed by atoms with E-state index in [1.807, 2.05) is 0 Å². The summed E-state index contributed by atoms with van der Waals surface area (Å²) >= 11 is 0. The van der Waals surface area contributed by atoms with E-state index in [0.717, 1.165) is 13.1 Å². The second-order valence-electron chi connectivity index (χ2n) is 5.20. The summed E-state index contributed by atoms with van der Waals surface area (Å²) < 4.78 is 0. The van der Waals surface area contributed by atoms with Crippen LogP contribution in [0.2, 0.25) is 0 Å². The fraction of sp³-hybridized carbons (Fsp3) is 0.538. The van der Waals surface area contributed by atoms with E-state index in [9.17, 15) is 5.11 Å². The standard InChI is InChI=1S/C13H19NO/c1-13(2,9-15)12-5-4-10-7-14(3)8-11(10)6-12/h4-6,15H,7-9H2,1-3H3. The molecule has 1 aromatic carbocycles. The second kappa shape index (κ2) is 3.62. The van der Waals surface area contributed by atoms with Crippen molar-refractivity contribution in [1.82, 2.24) is 4.90 Å². The first-order chi connectivity index (χ1) is 7.03. The van der Waals surface area contributed by atoms with Crippen LogP contribution in [0, 0.1) is 0 Å². The average molecular weight is 205 g/mol. The zero-order chi connectivity index (χ0) is 11.1. The highest BCUT2D eigenvalue weighted by molar-refractivity contribution is 5.37. The molecule has 0 fully saturated rings. The van der Waals surface area contributed by atoms with Gasteiger partial charge in [0.15, 0.2) is 0 Å². The molecule has 2 heteroatoms. The number of hydrogen-bond donors (Lipinski definition) is 1. The molecule has 1 aliphatic heterocycles. The number of fused-ring (bicyclic) bond motifs is 1. The summed E-state index contributed by atoms with van der Waals surface area (Å²) in [5.41, 5.74) is 3.95. The summed E-state index contributed by atoms with van der Waals surface area (Å²) in [5.74, 6) is 0. The average Bonchev–Trinajstić information content (AvgIpc) is 2.56. The van der Waals surface area contributed by atoms with Crippen molar-refractivity contribution in [2.75, 3.05) is 13.7 Å². The molecular weight excluding hydrogens is 186 g/mol. The molecule has 1 aliphatic rings. The van der Waals surface area contributed by atoms with Gasteiger partial charge in [0.2, 0.25) is 0 Å². The highest BCUT2D eigenvalue weighted by atomic mass is 16.3. The van der Waals surface area contributed by atoms with Gasteiger partial charge in [-0.1, -0.05) is 32.0 Å². The molecule has 0 aromatic heterocycles. The van der Waals surface area contributed by atoms with Crippen molar-refractivity contribution < 1.29 is 5.11 Å². The predicted octanol–water partition coefficient (Wildman–Crippen LogP) is 1.90. The first-order valence-electron chi connectivity index (χ1n) is 5.44. The molecule has 1 N–H and O–H groups in total. The van der Waals surface area contributed by atoms with E-state index in [1.165, 1.54) is 16.7 Å². The lowest BCUT2D eigenvalue weighted by molar-refractivity contribution is 0.218. The molecule has 0 atom stereocenters. The molecule has 2 rings (SSSR count). The van der Waals surface area contributed by atoms with E-state index in [-0.39, 0.29) is 12.0 Å². The summed E-state index contributed by atoms with van der Waals surface area (Å²) in [6.45, 7) is 6.43. The lowest BCUT2D eigenvalue weighted by Gasteiger charge is -2.22. The number of rotatable bonds is 2. The largest absolute Gasteiger partial charge is 0.395 e. The molecule has 15 heavy (non-hydrogen) atoms. The van der Waals surface area contributed by atoms with Gasteiger partial charge < -0.3 is 5.11 Å². The third kappa shape index (κ3) is 1.92. The summed E-state index contributed by atoms with van der Waals surface area (Å²) in [4.78, 5) is 2.31. The van der Waals surface area contributed by atoms with Crippen molar-refractivity contribution >= 4 is 0 Å². The zero-order valence-corrected chi connectivity index (χ0v) is 9.75. The SMILES string of the molecule is CN1Cc2ccc(C(C)(C)CO)cc2C1. The van der Waals surface area contributed by atoms with E-state index in [2.05, 4.69) is 44.0 Å². The van der Waals surface area contributed by atoms with Crippen LogP contribution in [0.1, 0.15) is 30.5 Å². The molecule has 82 valence electrons. The summed E-state index contributed by atoms with van der Waals surface area (Å²) in [7, 11) is 2.14. The smallest absolute Gasteiger partial charge is 0.0522 e. The Morgan fingerprint density at radius 3 is 2.60 bits per heavy atom. The Hall–Kier alpha value is -0.860. The Bertz CT molecular complexity index is 371. The van der Waals surface area contributed by atoms with Crippen LogP contribution in [-0.4, -0.2) is 23.7 Å². The van der Waals surface area contributed by atoms with Gasteiger partial charge in [-0.25, -0.2) is 0 Å². The Balaban J connectivity index is 2.35. The van der Waals surface area contributed by atoms with Gasteiger partial charge in [-0.2, -0.15) is 0 Å².